The molecule has 0 aromatic heterocycles. The molecular formula is C12H14F3N3. The number of piperidine rings is 1. The Balaban J connectivity index is 2.25. The summed E-state index contributed by atoms with van der Waals surface area (Å²) in [5.74, 6) is -1.82. The standard InChI is InChI=1S/C12H14F3N3/c13-12(14,15)10-8-9(4-5-11(10)17-16)18-6-2-1-3-7-18/h4-5,8,10H,1-3,6-7H2. The average Bonchev–Trinajstić information content (AvgIpc) is 2.38. The molecule has 6 heteroatoms. The van der Waals surface area contributed by atoms with E-state index < -0.39 is 12.1 Å². The van der Waals surface area contributed by atoms with Crippen LogP contribution in [0.2, 0.25) is 0 Å². The Labute approximate surface area is 103 Å². The van der Waals surface area contributed by atoms with Crippen LogP contribution >= 0.6 is 0 Å². The lowest BCUT2D eigenvalue weighted by Gasteiger charge is -2.31. The molecule has 0 aromatic rings. The second-order valence-corrected chi connectivity index (χ2v) is 4.52. The van der Waals surface area contributed by atoms with Crippen LogP contribution in [0.4, 0.5) is 13.2 Å². The van der Waals surface area contributed by atoms with Crippen molar-refractivity contribution < 1.29 is 18.0 Å². The average molecular weight is 257 g/mol. The van der Waals surface area contributed by atoms with Gasteiger partial charge in [-0.15, -0.1) is 0 Å². The molecule has 0 aromatic carbocycles. The van der Waals surface area contributed by atoms with Gasteiger partial charge < -0.3 is 10.4 Å². The van der Waals surface area contributed by atoms with Crippen LogP contribution in [0.25, 0.3) is 5.53 Å². The molecule has 1 aliphatic heterocycles. The van der Waals surface area contributed by atoms with Gasteiger partial charge in [0.05, 0.1) is 0 Å². The number of rotatable bonds is 1. The number of allylic oxidation sites excluding steroid dienone is 3. The van der Waals surface area contributed by atoms with Gasteiger partial charge in [0.2, 0.25) is 0 Å². The fraction of sp³-hybridized carbons (Fsp3) is 0.583. The van der Waals surface area contributed by atoms with Crippen LogP contribution in [-0.2, 0) is 0 Å². The number of nitrogens with zero attached hydrogens (tertiary/aromatic N) is 3. The molecule has 1 fully saturated rings. The number of hydrogen-bond donors (Lipinski definition) is 0. The highest BCUT2D eigenvalue weighted by atomic mass is 19.4. The van der Waals surface area contributed by atoms with E-state index >= 15 is 0 Å². The smallest absolute Gasteiger partial charge is 0.372 e. The summed E-state index contributed by atoms with van der Waals surface area (Å²) < 4.78 is 38.5. The zero-order valence-corrected chi connectivity index (χ0v) is 9.82. The number of halogens is 3. The molecular weight excluding hydrogens is 243 g/mol. The van der Waals surface area contributed by atoms with Crippen LogP contribution in [0.1, 0.15) is 19.3 Å². The monoisotopic (exact) mass is 257 g/mol. The molecule has 18 heavy (non-hydrogen) atoms. The first-order valence-corrected chi connectivity index (χ1v) is 5.96. The van der Waals surface area contributed by atoms with E-state index in [1.807, 2.05) is 4.90 Å². The number of likely N-dealkylation sites (tertiary alicyclic amines) is 1. The highest BCUT2D eigenvalue weighted by Gasteiger charge is 2.46. The van der Waals surface area contributed by atoms with Gasteiger partial charge in [0.1, 0.15) is 0 Å². The summed E-state index contributed by atoms with van der Waals surface area (Å²) in [5.41, 5.74) is 8.83. The SMILES string of the molecule is [N-]=[N+]=C1C=CC(N2CCCCC2)=CC1C(F)(F)F. The molecule has 3 nitrogen and oxygen atoms in total. The van der Waals surface area contributed by atoms with Gasteiger partial charge in [-0.1, -0.05) is 0 Å². The van der Waals surface area contributed by atoms with Crippen LogP contribution in [0, 0.1) is 5.92 Å². The van der Waals surface area contributed by atoms with Crippen LogP contribution in [-0.4, -0.2) is 34.7 Å². The third-order valence-corrected chi connectivity index (χ3v) is 3.27. The maximum absolute atomic E-state index is 12.8. The van der Waals surface area contributed by atoms with E-state index in [0.717, 1.165) is 38.4 Å². The summed E-state index contributed by atoms with van der Waals surface area (Å²) in [5, 5.41) is 0. The van der Waals surface area contributed by atoms with Gasteiger partial charge in [0, 0.05) is 24.9 Å². The van der Waals surface area contributed by atoms with Crippen LogP contribution in [0.5, 0.6) is 0 Å². The molecule has 0 radical (unpaired) electrons. The Bertz CT molecular complexity index is 424. The molecule has 1 saturated heterocycles. The summed E-state index contributed by atoms with van der Waals surface area (Å²) in [4.78, 5) is 4.67. The van der Waals surface area contributed by atoms with E-state index in [1.54, 1.807) is 6.08 Å². The molecule has 2 rings (SSSR count). The second kappa shape index (κ2) is 4.98. The van der Waals surface area contributed by atoms with E-state index in [4.69, 9.17) is 5.53 Å². The Morgan fingerprint density at radius 1 is 1.17 bits per heavy atom. The van der Waals surface area contributed by atoms with Crippen molar-refractivity contribution in [3.63, 3.8) is 0 Å². The second-order valence-electron chi connectivity index (χ2n) is 4.52. The zero-order chi connectivity index (χ0) is 13.2. The molecule has 0 spiro atoms. The molecule has 1 unspecified atom stereocenters. The third-order valence-electron chi connectivity index (χ3n) is 3.27. The topological polar surface area (TPSA) is 39.6 Å². The first kappa shape index (κ1) is 12.9. The van der Waals surface area contributed by atoms with E-state index in [9.17, 15) is 13.2 Å². The summed E-state index contributed by atoms with van der Waals surface area (Å²) >= 11 is 0. The fourth-order valence-corrected chi connectivity index (χ4v) is 2.31. The molecule has 1 heterocycles. The van der Waals surface area contributed by atoms with Gasteiger partial charge in [-0.25, -0.2) is 0 Å². The van der Waals surface area contributed by atoms with E-state index in [2.05, 4.69) is 4.79 Å². The largest absolute Gasteiger partial charge is 0.406 e. The van der Waals surface area contributed by atoms with Crippen molar-refractivity contribution in [3.05, 3.63) is 29.5 Å². The Morgan fingerprint density at radius 3 is 2.39 bits per heavy atom. The van der Waals surface area contributed by atoms with Crippen molar-refractivity contribution in [2.24, 2.45) is 5.92 Å². The van der Waals surface area contributed by atoms with E-state index in [1.165, 1.54) is 6.08 Å². The summed E-state index contributed by atoms with van der Waals surface area (Å²) in [6.07, 6.45) is 2.67. The van der Waals surface area contributed by atoms with Gasteiger partial charge >= 0.3 is 11.9 Å². The summed E-state index contributed by atoms with van der Waals surface area (Å²) in [7, 11) is 0. The number of alkyl halides is 3. The molecule has 2 aliphatic rings. The Kier molecular flexibility index (Phi) is 3.57. The molecule has 1 atom stereocenters. The highest BCUT2D eigenvalue weighted by Crippen LogP contribution is 2.32. The zero-order valence-electron chi connectivity index (χ0n) is 9.82. The molecule has 0 saturated carbocycles. The maximum Gasteiger partial charge on any atom is 0.406 e. The van der Waals surface area contributed by atoms with Gasteiger partial charge in [-0.2, -0.15) is 18.0 Å². The van der Waals surface area contributed by atoms with Gasteiger partial charge in [0.15, 0.2) is 5.92 Å². The minimum atomic E-state index is -4.42. The molecule has 1 aliphatic carbocycles. The van der Waals surface area contributed by atoms with Crippen molar-refractivity contribution in [3.8, 4) is 0 Å². The molecule has 0 amide bonds. The lowest BCUT2D eigenvalue weighted by Crippen LogP contribution is -2.35. The lowest BCUT2D eigenvalue weighted by atomic mass is 9.95. The fourth-order valence-electron chi connectivity index (χ4n) is 2.31. The summed E-state index contributed by atoms with van der Waals surface area (Å²) in [6, 6.07) is 0. The van der Waals surface area contributed by atoms with Crippen LogP contribution in [0.15, 0.2) is 23.9 Å². The highest BCUT2D eigenvalue weighted by molar-refractivity contribution is 5.95. The van der Waals surface area contributed by atoms with Gasteiger partial charge in [0.25, 0.3) is 0 Å². The van der Waals surface area contributed by atoms with Crippen molar-refractivity contribution in [2.75, 3.05) is 13.1 Å². The normalized spacial score (nSPS) is 24.8. The first-order valence-electron chi connectivity index (χ1n) is 5.96. The Morgan fingerprint density at radius 2 is 1.83 bits per heavy atom. The van der Waals surface area contributed by atoms with Crippen molar-refractivity contribution in [1.29, 1.82) is 0 Å². The molecule has 98 valence electrons. The van der Waals surface area contributed by atoms with Crippen LogP contribution in [0.3, 0.4) is 0 Å². The maximum atomic E-state index is 12.8. The quantitative estimate of drug-likeness (QED) is 0.526. The van der Waals surface area contributed by atoms with Crippen molar-refractivity contribution in [2.45, 2.75) is 25.4 Å². The van der Waals surface area contributed by atoms with Crippen LogP contribution < -0.4 is 0 Å². The lowest BCUT2D eigenvalue weighted by molar-refractivity contribution is -0.152. The first-order chi connectivity index (χ1) is 8.52. The Hall–Kier alpha value is -1.55. The van der Waals surface area contributed by atoms with E-state index in [0.29, 0.717) is 5.70 Å². The van der Waals surface area contributed by atoms with E-state index in [-0.39, 0.29) is 5.71 Å². The minimum Gasteiger partial charge on any atom is -0.372 e. The molecule has 0 N–H and O–H groups in total. The predicted molar refractivity (Wildman–Crippen MR) is 60.8 cm³/mol. The van der Waals surface area contributed by atoms with Crippen molar-refractivity contribution in [1.82, 2.24) is 4.90 Å². The van der Waals surface area contributed by atoms with Gasteiger partial charge in [-0.3, -0.25) is 0 Å². The third kappa shape index (κ3) is 2.64. The predicted octanol–water partition coefficient (Wildman–Crippen LogP) is 2.78. The summed E-state index contributed by atoms with van der Waals surface area (Å²) in [6.45, 7) is 1.57. The minimum absolute atomic E-state index is 0.358. The van der Waals surface area contributed by atoms with Crippen molar-refractivity contribution >= 4 is 5.71 Å². The van der Waals surface area contributed by atoms with Gasteiger partial charge in [-0.05, 0) is 31.4 Å². The molecule has 0 bridgehead atoms. The number of hydrogen-bond acceptors (Lipinski definition) is 1.